The van der Waals surface area contributed by atoms with E-state index in [9.17, 15) is 22.8 Å². The molecule has 39 heavy (non-hydrogen) atoms. The van der Waals surface area contributed by atoms with Crippen LogP contribution < -0.4 is 15.8 Å². The highest BCUT2D eigenvalue weighted by Gasteiger charge is 2.52. The monoisotopic (exact) mass is 548 g/mol. The summed E-state index contributed by atoms with van der Waals surface area (Å²) < 4.78 is 41.7. The summed E-state index contributed by atoms with van der Waals surface area (Å²) in [6.07, 6.45) is 10.2. The Bertz CT molecular complexity index is 1000. The molecule has 0 aliphatic heterocycles. The van der Waals surface area contributed by atoms with Crippen molar-refractivity contribution in [3.05, 3.63) is 29.8 Å². The fourth-order valence-electron chi connectivity index (χ4n) is 7.75. The van der Waals surface area contributed by atoms with Crippen molar-refractivity contribution in [3.8, 4) is 5.75 Å². The molecule has 216 valence electrons. The SMILES string of the molecule is NC1CC2CCC(C1)C(CC(=O)C(CCC1CCCCC1)NC(=O)C1(c3ccc(OC(F)(F)F)cc3)CC1)C2. The lowest BCUT2D eigenvalue weighted by molar-refractivity contribution is -0.274. The Morgan fingerprint density at radius 3 is 2.38 bits per heavy atom. The van der Waals surface area contributed by atoms with Crippen molar-refractivity contribution >= 4 is 11.7 Å². The van der Waals surface area contributed by atoms with Crippen LogP contribution in [0.15, 0.2) is 24.3 Å². The molecule has 0 spiro atoms. The molecule has 5 nitrogen and oxygen atoms in total. The van der Waals surface area contributed by atoms with Crippen molar-refractivity contribution in [1.82, 2.24) is 5.32 Å². The van der Waals surface area contributed by atoms with Crippen LogP contribution in [0.2, 0.25) is 0 Å². The Hall–Kier alpha value is -2.09. The molecule has 8 heteroatoms. The Kier molecular flexibility index (Phi) is 8.60. The van der Waals surface area contributed by atoms with Crippen LogP contribution in [0.5, 0.6) is 5.75 Å². The Morgan fingerprint density at radius 2 is 1.72 bits per heavy atom. The highest BCUT2D eigenvalue weighted by atomic mass is 19.4. The molecule has 5 unspecified atom stereocenters. The van der Waals surface area contributed by atoms with Crippen molar-refractivity contribution in [2.45, 2.75) is 120 Å². The summed E-state index contributed by atoms with van der Waals surface area (Å²) >= 11 is 0. The number of benzene rings is 1. The summed E-state index contributed by atoms with van der Waals surface area (Å²) in [6.45, 7) is 0. The number of carbonyl (C=O) groups excluding carboxylic acids is 2. The minimum Gasteiger partial charge on any atom is -0.406 e. The minimum atomic E-state index is -4.76. The lowest BCUT2D eigenvalue weighted by atomic mass is 9.72. The first-order chi connectivity index (χ1) is 18.6. The maximum Gasteiger partial charge on any atom is 0.573 e. The quantitative estimate of drug-likeness (QED) is 0.346. The van der Waals surface area contributed by atoms with E-state index in [4.69, 9.17) is 5.73 Å². The molecule has 5 saturated carbocycles. The largest absolute Gasteiger partial charge is 0.573 e. The van der Waals surface area contributed by atoms with Crippen molar-refractivity contribution in [2.24, 2.45) is 29.4 Å². The number of nitrogens with two attached hydrogens (primary N) is 1. The molecular formula is C31H43F3N2O3. The van der Waals surface area contributed by atoms with Gasteiger partial charge in [0.05, 0.1) is 11.5 Å². The van der Waals surface area contributed by atoms with Gasteiger partial charge in [0.1, 0.15) is 5.75 Å². The number of nitrogens with one attached hydrogen (secondary N) is 1. The number of amides is 1. The molecule has 0 saturated heterocycles. The second kappa shape index (κ2) is 11.8. The number of rotatable bonds is 10. The van der Waals surface area contributed by atoms with Crippen LogP contribution in [0.25, 0.3) is 0 Å². The van der Waals surface area contributed by atoms with Crippen molar-refractivity contribution < 1.29 is 27.5 Å². The maximum atomic E-state index is 13.8. The molecule has 1 aromatic carbocycles. The smallest absolute Gasteiger partial charge is 0.406 e. The van der Waals surface area contributed by atoms with Gasteiger partial charge < -0.3 is 15.8 Å². The molecule has 0 radical (unpaired) electrons. The van der Waals surface area contributed by atoms with Crippen molar-refractivity contribution in [3.63, 3.8) is 0 Å². The standard InChI is InChI=1S/C31H43F3N2O3/c32-31(33,34)39-26-11-9-24(10-12-26)30(14-15-30)29(38)36-27(13-7-20-4-2-1-3-5-20)28(37)19-23-16-21-6-8-22(23)18-25(35)17-21/h9-12,20-23,25,27H,1-8,13-19,35H2,(H,36,38). The van der Waals surface area contributed by atoms with E-state index in [1.165, 1.54) is 62.8 Å². The normalized spacial score (nSPS) is 29.3. The third-order valence-electron chi connectivity index (χ3n) is 10.1. The molecule has 5 aliphatic carbocycles. The molecule has 3 N–H and O–H groups in total. The topological polar surface area (TPSA) is 81.4 Å². The Labute approximate surface area is 229 Å². The third kappa shape index (κ3) is 7.17. The van der Waals surface area contributed by atoms with E-state index in [2.05, 4.69) is 10.1 Å². The second-order valence-corrected chi connectivity index (χ2v) is 12.9. The van der Waals surface area contributed by atoms with Gasteiger partial charge in [-0.25, -0.2) is 0 Å². The van der Waals surface area contributed by atoms with Crippen LogP contribution >= 0.6 is 0 Å². The molecule has 6 rings (SSSR count). The summed E-state index contributed by atoms with van der Waals surface area (Å²) in [5.41, 5.74) is 6.23. The number of Topliss-reactive ketones (excluding diaryl/α,β-unsaturated/α-hetero) is 1. The zero-order chi connectivity index (χ0) is 27.6. The van der Waals surface area contributed by atoms with E-state index in [-0.39, 0.29) is 23.5 Å². The summed E-state index contributed by atoms with van der Waals surface area (Å²) in [5.74, 6) is 1.69. The lowest BCUT2D eigenvalue weighted by Gasteiger charge is -2.33. The molecule has 1 amide bonds. The fraction of sp³-hybridized carbons (Fsp3) is 0.742. The van der Waals surface area contributed by atoms with E-state index in [0.29, 0.717) is 54.9 Å². The van der Waals surface area contributed by atoms with Gasteiger partial charge in [0.25, 0.3) is 0 Å². The number of alkyl halides is 3. The average Bonchev–Trinajstić information content (AvgIpc) is 3.73. The molecule has 5 aliphatic rings. The van der Waals surface area contributed by atoms with Crippen LogP contribution in [0.1, 0.15) is 102 Å². The number of ether oxygens (including phenoxy) is 1. The Morgan fingerprint density at radius 1 is 1.00 bits per heavy atom. The van der Waals surface area contributed by atoms with Crippen LogP contribution in [0.4, 0.5) is 13.2 Å². The zero-order valence-electron chi connectivity index (χ0n) is 22.8. The predicted molar refractivity (Wildman–Crippen MR) is 143 cm³/mol. The molecule has 5 atom stereocenters. The van der Waals surface area contributed by atoms with Gasteiger partial charge in [-0.2, -0.15) is 0 Å². The predicted octanol–water partition coefficient (Wildman–Crippen LogP) is 6.57. The van der Waals surface area contributed by atoms with Crippen molar-refractivity contribution in [1.29, 1.82) is 0 Å². The van der Waals surface area contributed by atoms with Gasteiger partial charge in [-0.1, -0.05) is 50.7 Å². The number of fused-ring (bicyclic) bond motifs is 4. The first kappa shape index (κ1) is 28.4. The first-order valence-corrected chi connectivity index (χ1v) is 15.1. The maximum absolute atomic E-state index is 13.8. The van der Waals surface area contributed by atoms with E-state index in [1.54, 1.807) is 0 Å². The summed E-state index contributed by atoms with van der Waals surface area (Å²) in [7, 11) is 0. The van der Waals surface area contributed by atoms with Crippen molar-refractivity contribution in [2.75, 3.05) is 0 Å². The summed E-state index contributed by atoms with van der Waals surface area (Å²) in [5, 5.41) is 3.14. The van der Waals surface area contributed by atoms with E-state index < -0.39 is 17.8 Å². The third-order valence-corrected chi connectivity index (χ3v) is 10.1. The Balaban J connectivity index is 1.26. The van der Waals surface area contributed by atoms with Crippen LogP contribution in [0.3, 0.4) is 0 Å². The van der Waals surface area contributed by atoms with E-state index in [1.807, 2.05) is 0 Å². The van der Waals surface area contributed by atoms with E-state index >= 15 is 0 Å². The molecule has 1 aromatic rings. The average molecular weight is 549 g/mol. The number of hydrogen-bond acceptors (Lipinski definition) is 4. The van der Waals surface area contributed by atoms with Gasteiger partial charge in [0.15, 0.2) is 5.78 Å². The lowest BCUT2D eigenvalue weighted by Crippen LogP contribution is -2.46. The highest BCUT2D eigenvalue weighted by molar-refractivity contribution is 5.95. The second-order valence-electron chi connectivity index (χ2n) is 12.9. The number of hydrogen-bond donors (Lipinski definition) is 2. The molecular weight excluding hydrogens is 505 g/mol. The molecule has 0 aromatic heterocycles. The van der Waals surface area contributed by atoms with Crippen LogP contribution in [0, 0.1) is 23.7 Å². The van der Waals surface area contributed by atoms with Gasteiger partial charge in [0, 0.05) is 12.5 Å². The highest BCUT2D eigenvalue weighted by Crippen LogP contribution is 2.49. The first-order valence-electron chi connectivity index (χ1n) is 15.1. The van der Waals surface area contributed by atoms with Gasteiger partial charge >= 0.3 is 6.36 Å². The molecule has 2 bridgehead atoms. The zero-order valence-corrected chi connectivity index (χ0v) is 22.8. The van der Waals surface area contributed by atoms with E-state index in [0.717, 1.165) is 32.1 Å². The van der Waals surface area contributed by atoms with Gasteiger partial charge in [0.2, 0.25) is 5.91 Å². The van der Waals surface area contributed by atoms with Crippen LogP contribution in [-0.2, 0) is 15.0 Å². The van der Waals surface area contributed by atoms with Crippen LogP contribution in [-0.4, -0.2) is 30.1 Å². The van der Waals surface area contributed by atoms with Gasteiger partial charge in [-0.3, -0.25) is 9.59 Å². The van der Waals surface area contributed by atoms with Gasteiger partial charge in [-0.15, -0.1) is 13.2 Å². The van der Waals surface area contributed by atoms with Gasteiger partial charge in [-0.05, 0) is 92.7 Å². The summed E-state index contributed by atoms with van der Waals surface area (Å²) in [6, 6.07) is 5.31. The molecule has 5 fully saturated rings. The number of ketones is 1. The summed E-state index contributed by atoms with van der Waals surface area (Å²) in [4.78, 5) is 27.4. The number of halogens is 3. The number of carbonyl (C=O) groups is 2. The molecule has 0 heterocycles. The minimum absolute atomic E-state index is 0.134. The fourth-order valence-corrected chi connectivity index (χ4v) is 7.75.